The van der Waals surface area contributed by atoms with Crippen LogP contribution in [0.5, 0.6) is 0 Å². The number of fused-ring (bicyclic) bond motifs is 1. The first-order valence-electron chi connectivity index (χ1n) is 5.61. The Balaban J connectivity index is 2.64. The molecule has 0 amide bonds. The van der Waals surface area contributed by atoms with Crippen LogP contribution in [0.2, 0.25) is 0 Å². The van der Waals surface area contributed by atoms with E-state index in [1.165, 1.54) is 22.0 Å². The number of anilines is 1. The molecule has 2 heteroatoms. The molecule has 0 saturated carbocycles. The molecule has 0 aliphatic rings. The number of nitrogens with two attached hydrogens (primary N) is 1. The Labute approximate surface area is 96.7 Å². The quantitative estimate of drug-likeness (QED) is 0.850. The van der Waals surface area contributed by atoms with Gasteiger partial charge in [-0.2, -0.15) is 0 Å². The fraction of sp³-hybridized carbons (Fsp3) is 0.286. The van der Waals surface area contributed by atoms with E-state index >= 15 is 0 Å². The molecule has 84 valence electrons. The lowest BCUT2D eigenvalue weighted by atomic mass is 10.0. The minimum Gasteiger partial charge on any atom is -0.377 e. The Morgan fingerprint density at radius 3 is 2.56 bits per heavy atom. The van der Waals surface area contributed by atoms with Crippen LogP contribution >= 0.6 is 0 Å². The average Bonchev–Trinajstić information content (AvgIpc) is 2.28. The van der Waals surface area contributed by atoms with E-state index in [4.69, 9.17) is 5.73 Å². The van der Waals surface area contributed by atoms with E-state index in [-0.39, 0.29) is 0 Å². The summed E-state index contributed by atoms with van der Waals surface area (Å²) in [7, 11) is 4.15. The zero-order chi connectivity index (χ0) is 11.5. The van der Waals surface area contributed by atoms with Crippen molar-refractivity contribution < 1.29 is 0 Å². The van der Waals surface area contributed by atoms with Crippen LogP contribution in [-0.4, -0.2) is 20.6 Å². The Kier molecular flexibility index (Phi) is 3.11. The van der Waals surface area contributed by atoms with Crippen molar-refractivity contribution in [2.75, 3.05) is 25.5 Å². The predicted octanol–water partition coefficient (Wildman–Crippen LogP) is 2.41. The van der Waals surface area contributed by atoms with E-state index in [2.05, 4.69) is 55.4 Å². The van der Waals surface area contributed by atoms with Gasteiger partial charge >= 0.3 is 0 Å². The molecule has 0 aliphatic carbocycles. The van der Waals surface area contributed by atoms with Crippen molar-refractivity contribution in [2.24, 2.45) is 5.73 Å². The van der Waals surface area contributed by atoms with Crippen LogP contribution in [0.25, 0.3) is 10.8 Å². The van der Waals surface area contributed by atoms with Gasteiger partial charge in [0.1, 0.15) is 0 Å². The summed E-state index contributed by atoms with van der Waals surface area (Å²) in [5, 5.41) is 2.59. The van der Waals surface area contributed by atoms with Crippen LogP contribution in [-0.2, 0) is 6.42 Å². The predicted molar refractivity (Wildman–Crippen MR) is 71.0 cm³/mol. The van der Waals surface area contributed by atoms with Crippen molar-refractivity contribution in [3.63, 3.8) is 0 Å². The second-order valence-corrected chi connectivity index (χ2v) is 4.27. The highest BCUT2D eigenvalue weighted by molar-refractivity contribution is 5.94. The topological polar surface area (TPSA) is 29.3 Å². The Hall–Kier alpha value is -1.54. The first-order chi connectivity index (χ1) is 7.72. The molecule has 0 heterocycles. The smallest absolute Gasteiger partial charge is 0.0443 e. The minimum atomic E-state index is 0.700. The molecule has 2 aromatic rings. The van der Waals surface area contributed by atoms with Gasteiger partial charge in [-0.3, -0.25) is 0 Å². The van der Waals surface area contributed by atoms with E-state index in [0.717, 1.165) is 6.42 Å². The fourth-order valence-corrected chi connectivity index (χ4v) is 2.03. The van der Waals surface area contributed by atoms with Crippen molar-refractivity contribution in [1.29, 1.82) is 0 Å². The van der Waals surface area contributed by atoms with Crippen molar-refractivity contribution in [2.45, 2.75) is 6.42 Å². The number of rotatable bonds is 3. The summed E-state index contributed by atoms with van der Waals surface area (Å²) in [6.45, 7) is 0.700. The van der Waals surface area contributed by atoms with E-state index in [1.54, 1.807) is 0 Å². The van der Waals surface area contributed by atoms with Gasteiger partial charge in [-0.05, 0) is 30.0 Å². The number of hydrogen-bond donors (Lipinski definition) is 1. The van der Waals surface area contributed by atoms with Crippen LogP contribution in [0.15, 0.2) is 36.4 Å². The summed E-state index contributed by atoms with van der Waals surface area (Å²) in [5.41, 5.74) is 8.19. The van der Waals surface area contributed by atoms with Crippen LogP contribution in [0.4, 0.5) is 5.69 Å². The van der Waals surface area contributed by atoms with Gasteiger partial charge in [0.15, 0.2) is 0 Å². The van der Waals surface area contributed by atoms with E-state index in [0.29, 0.717) is 6.54 Å². The molecule has 2 nitrogen and oxygen atoms in total. The SMILES string of the molecule is CN(C)c1cc(CCN)cc2ccccc12. The van der Waals surface area contributed by atoms with Gasteiger partial charge in [0.05, 0.1) is 0 Å². The largest absolute Gasteiger partial charge is 0.377 e. The molecule has 2 aromatic carbocycles. The molecule has 0 atom stereocenters. The van der Waals surface area contributed by atoms with Crippen molar-refractivity contribution in [1.82, 2.24) is 0 Å². The summed E-state index contributed by atoms with van der Waals surface area (Å²) in [4.78, 5) is 2.16. The monoisotopic (exact) mass is 214 g/mol. The summed E-state index contributed by atoms with van der Waals surface area (Å²) >= 11 is 0. The maximum Gasteiger partial charge on any atom is 0.0443 e. The standard InChI is InChI=1S/C14H18N2/c1-16(2)14-10-11(7-8-15)9-12-5-3-4-6-13(12)14/h3-6,9-10H,7-8,15H2,1-2H3. The van der Waals surface area contributed by atoms with Crippen LogP contribution in [0.1, 0.15) is 5.56 Å². The summed E-state index contributed by atoms with van der Waals surface area (Å²) in [6.07, 6.45) is 0.936. The molecule has 0 bridgehead atoms. The molecule has 0 radical (unpaired) electrons. The Bertz CT molecular complexity index is 489. The molecule has 0 aliphatic heterocycles. The second-order valence-electron chi connectivity index (χ2n) is 4.27. The lowest BCUT2D eigenvalue weighted by Crippen LogP contribution is -2.10. The van der Waals surface area contributed by atoms with Crippen molar-refractivity contribution >= 4 is 16.5 Å². The maximum absolute atomic E-state index is 5.62. The third-order valence-electron chi connectivity index (χ3n) is 2.81. The highest BCUT2D eigenvalue weighted by Crippen LogP contribution is 2.27. The van der Waals surface area contributed by atoms with E-state index < -0.39 is 0 Å². The normalized spacial score (nSPS) is 10.7. The van der Waals surface area contributed by atoms with E-state index in [9.17, 15) is 0 Å². The number of nitrogens with zero attached hydrogens (tertiary/aromatic N) is 1. The van der Waals surface area contributed by atoms with Gasteiger partial charge in [0.2, 0.25) is 0 Å². The average molecular weight is 214 g/mol. The number of hydrogen-bond acceptors (Lipinski definition) is 2. The van der Waals surface area contributed by atoms with E-state index in [1.807, 2.05) is 0 Å². The number of benzene rings is 2. The third kappa shape index (κ3) is 2.02. The van der Waals surface area contributed by atoms with Crippen molar-refractivity contribution in [3.8, 4) is 0 Å². The molecule has 0 aromatic heterocycles. The van der Waals surface area contributed by atoms with Crippen LogP contribution in [0, 0.1) is 0 Å². The molecule has 0 saturated heterocycles. The lowest BCUT2D eigenvalue weighted by molar-refractivity contribution is 0.968. The van der Waals surface area contributed by atoms with Gasteiger partial charge in [0.25, 0.3) is 0 Å². The lowest BCUT2D eigenvalue weighted by Gasteiger charge is -2.17. The second kappa shape index (κ2) is 4.54. The maximum atomic E-state index is 5.62. The Morgan fingerprint density at radius 1 is 1.12 bits per heavy atom. The summed E-state index contributed by atoms with van der Waals surface area (Å²) in [5.74, 6) is 0. The van der Waals surface area contributed by atoms with Gasteiger partial charge in [-0.1, -0.05) is 30.3 Å². The van der Waals surface area contributed by atoms with Gasteiger partial charge in [-0.15, -0.1) is 0 Å². The Morgan fingerprint density at radius 2 is 1.88 bits per heavy atom. The zero-order valence-corrected chi connectivity index (χ0v) is 9.90. The van der Waals surface area contributed by atoms with Crippen LogP contribution in [0.3, 0.4) is 0 Å². The summed E-state index contributed by atoms with van der Waals surface area (Å²) in [6, 6.07) is 12.9. The molecule has 2 N–H and O–H groups in total. The van der Waals surface area contributed by atoms with Crippen molar-refractivity contribution in [3.05, 3.63) is 42.0 Å². The minimum absolute atomic E-state index is 0.700. The highest BCUT2D eigenvalue weighted by Gasteiger charge is 2.04. The third-order valence-corrected chi connectivity index (χ3v) is 2.81. The van der Waals surface area contributed by atoms with Gasteiger partial charge < -0.3 is 10.6 Å². The molecule has 0 fully saturated rings. The zero-order valence-electron chi connectivity index (χ0n) is 9.90. The molecular weight excluding hydrogens is 196 g/mol. The van der Waals surface area contributed by atoms with Gasteiger partial charge in [0, 0.05) is 25.2 Å². The molecular formula is C14H18N2. The molecule has 2 rings (SSSR count). The molecule has 16 heavy (non-hydrogen) atoms. The first kappa shape index (κ1) is 11.0. The molecule has 0 unspecified atom stereocenters. The molecule has 0 spiro atoms. The first-order valence-corrected chi connectivity index (χ1v) is 5.61. The van der Waals surface area contributed by atoms with Crippen LogP contribution < -0.4 is 10.6 Å². The highest BCUT2D eigenvalue weighted by atomic mass is 15.1. The van der Waals surface area contributed by atoms with Gasteiger partial charge in [-0.25, -0.2) is 0 Å². The summed E-state index contributed by atoms with van der Waals surface area (Å²) < 4.78 is 0. The fourth-order valence-electron chi connectivity index (χ4n) is 2.03.